The molecule has 0 spiro atoms. The van der Waals surface area contributed by atoms with Gasteiger partial charge < -0.3 is 9.47 Å². The normalized spacial score (nSPS) is 24.4. The van der Waals surface area contributed by atoms with Gasteiger partial charge in [0, 0.05) is 19.8 Å². The first-order chi connectivity index (χ1) is 7.59. The predicted octanol–water partition coefficient (Wildman–Crippen LogP) is 1.45. The van der Waals surface area contributed by atoms with Gasteiger partial charge in [-0.05, 0) is 45.4 Å². The van der Waals surface area contributed by atoms with E-state index in [1.54, 1.807) is 7.11 Å². The third-order valence-corrected chi connectivity index (χ3v) is 3.59. The van der Waals surface area contributed by atoms with E-state index in [1.165, 1.54) is 6.42 Å². The fraction of sp³-hybridized carbons (Fsp3) is 1.00. The van der Waals surface area contributed by atoms with Gasteiger partial charge in [0.1, 0.15) is 0 Å². The second-order valence-electron chi connectivity index (χ2n) is 5.25. The van der Waals surface area contributed by atoms with Gasteiger partial charge in [-0.2, -0.15) is 0 Å². The number of nitrogens with one attached hydrogen (secondary N) is 1. The molecule has 0 aromatic rings. The van der Waals surface area contributed by atoms with E-state index >= 15 is 0 Å². The first-order valence-electron chi connectivity index (χ1n) is 6.18. The summed E-state index contributed by atoms with van der Waals surface area (Å²) in [7, 11) is 1.76. The minimum Gasteiger partial charge on any atom is -0.381 e. The number of hydrazine groups is 1. The minimum absolute atomic E-state index is 0.0649. The number of rotatable bonds is 6. The molecule has 1 aliphatic rings. The average molecular weight is 230 g/mol. The van der Waals surface area contributed by atoms with E-state index in [2.05, 4.69) is 19.3 Å². The van der Waals surface area contributed by atoms with Crippen molar-refractivity contribution in [3.63, 3.8) is 0 Å². The van der Waals surface area contributed by atoms with Crippen molar-refractivity contribution in [3.05, 3.63) is 0 Å². The van der Waals surface area contributed by atoms with Crippen LogP contribution in [0.1, 0.15) is 39.5 Å². The summed E-state index contributed by atoms with van der Waals surface area (Å²) in [6.07, 6.45) is 4.40. The summed E-state index contributed by atoms with van der Waals surface area (Å²) in [5, 5.41) is 0. The van der Waals surface area contributed by atoms with Crippen molar-refractivity contribution in [2.45, 2.75) is 51.2 Å². The smallest absolute Gasteiger partial charge is 0.0623 e. The first kappa shape index (κ1) is 13.9. The highest BCUT2D eigenvalue weighted by molar-refractivity contribution is 4.80. The molecule has 16 heavy (non-hydrogen) atoms. The maximum absolute atomic E-state index is 5.63. The number of hydrogen-bond acceptors (Lipinski definition) is 4. The third kappa shape index (κ3) is 4.37. The highest BCUT2D eigenvalue weighted by atomic mass is 16.5. The van der Waals surface area contributed by atoms with E-state index in [9.17, 15) is 0 Å². The number of nitrogens with two attached hydrogens (primary N) is 1. The first-order valence-corrected chi connectivity index (χ1v) is 6.18. The third-order valence-electron chi connectivity index (χ3n) is 3.59. The molecule has 0 aromatic carbocycles. The Morgan fingerprint density at radius 1 is 1.56 bits per heavy atom. The van der Waals surface area contributed by atoms with Gasteiger partial charge in [-0.1, -0.05) is 0 Å². The van der Waals surface area contributed by atoms with Gasteiger partial charge in [0.25, 0.3) is 0 Å². The van der Waals surface area contributed by atoms with Crippen molar-refractivity contribution in [1.29, 1.82) is 0 Å². The van der Waals surface area contributed by atoms with Crippen LogP contribution in [0.2, 0.25) is 0 Å². The van der Waals surface area contributed by atoms with Gasteiger partial charge in [0.15, 0.2) is 0 Å². The zero-order valence-electron chi connectivity index (χ0n) is 10.8. The Labute approximate surface area is 98.8 Å². The van der Waals surface area contributed by atoms with E-state index in [-0.39, 0.29) is 5.60 Å². The topological polar surface area (TPSA) is 56.5 Å². The van der Waals surface area contributed by atoms with Gasteiger partial charge in [-0.25, -0.2) is 0 Å². The summed E-state index contributed by atoms with van der Waals surface area (Å²) in [5.41, 5.74) is 2.87. The van der Waals surface area contributed by atoms with Gasteiger partial charge in [0.05, 0.1) is 12.2 Å². The molecule has 2 atom stereocenters. The molecule has 4 nitrogen and oxygen atoms in total. The second kappa shape index (κ2) is 6.55. The molecule has 0 aliphatic carbocycles. The zero-order chi connectivity index (χ0) is 12.0. The Kier molecular flexibility index (Phi) is 5.69. The van der Waals surface area contributed by atoms with Crippen molar-refractivity contribution < 1.29 is 9.47 Å². The van der Waals surface area contributed by atoms with Crippen LogP contribution in [0.4, 0.5) is 0 Å². The molecule has 0 saturated carbocycles. The van der Waals surface area contributed by atoms with Crippen LogP contribution in [0.25, 0.3) is 0 Å². The van der Waals surface area contributed by atoms with E-state index in [0.29, 0.717) is 12.0 Å². The summed E-state index contributed by atoms with van der Waals surface area (Å²) in [4.78, 5) is 0. The Balaban J connectivity index is 2.36. The maximum Gasteiger partial charge on any atom is 0.0623 e. The molecule has 3 N–H and O–H groups in total. The SMILES string of the molecule is COC(C)(C)CCC(NN)C1CCCOC1. The molecule has 0 aromatic heterocycles. The molecule has 0 amide bonds. The molecule has 1 fully saturated rings. The van der Waals surface area contributed by atoms with Crippen molar-refractivity contribution >= 4 is 0 Å². The Morgan fingerprint density at radius 2 is 2.31 bits per heavy atom. The molecule has 0 radical (unpaired) electrons. The Bertz CT molecular complexity index is 191. The highest BCUT2D eigenvalue weighted by Gasteiger charge is 2.26. The van der Waals surface area contributed by atoms with Crippen LogP contribution >= 0.6 is 0 Å². The monoisotopic (exact) mass is 230 g/mol. The molecule has 2 unspecified atom stereocenters. The van der Waals surface area contributed by atoms with Gasteiger partial charge in [-0.15, -0.1) is 0 Å². The summed E-state index contributed by atoms with van der Waals surface area (Å²) in [6.45, 7) is 5.95. The van der Waals surface area contributed by atoms with Crippen LogP contribution in [-0.4, -0.2) is 32.0 Å². The summed E-state index contributed by atoms with van der Waals surface area (Å²) in [5.74, 6) is 6.18. The summed E-state index contributed by atoms with van der Waals surface area (Å²) >= 11 is 0. The number of ether oxygens (including phenoxy) is 2. The predicted molar refractivity (Wildman–Crippen MR) is 65.0 cm³/mol. The lowest BCUT2D eigenvalue weighted by molar-refractivity contribution is 0.00168. The molecule has 0 bridgehead atoms. The fourth-order valence-electron chi connectivity index (χ4n) is 2.14. The van der Waals surface area contributed by atoms with Crippen LogP contribution in [0, 0.1) is 5.92 Å². The van der Waals surface area contributed by atoms with Crippen LogP contribution in [-0.2, 0) is 9.47 Å². The molecular weight excluding hydrogens is 204 g/mol. The van der Waals surface area contributed by atoms with E-state index in [1.807, 2.05) is 0 Å². The summed E-state index contributed by atoms with van der Waals surface area (Å²) in [6, 6.07) is 0.342. The van der Waals surface area contributed by atoms with Crippen LogP contribution in [0.5, 0.6) is 0 Å². The fourth-order valence-corrected chi connectivity index (χ4v) is 2.14. The van der Waals surface area contributed by atoms with E-state index in [4.69, 9.17) is 15.3 Å². The quantitative estimate of drug-likeness (QED) is 0.535. The van der Waals surface area contributed by atoms with Gasteiger partial charge in [-0.3, -0.25) is 11.3 Å². The van der Waals surface area contributed by atoms with Crippen LogP contribution in [0.15, 0.2) is 0 Å². The average Bonchev–Trinajstić information content (AvgIpc) is 2.31. The lowest BCUT2D eigenvalue weighted by Gasteiger charge is -2.32. The van der Waals surface area contributed by atoms with Crippen molar-refractivity contribution in [2.75, 3.05) is 20.3 Å². The van der Waals surface area contributed by atoms with Crippen molar-refractivity contribution in [1.82, 2.24) is 5.43 Å². The Morgan fingerprint density at radius 3 is 2.81 bits per heavy atom. The molecule has 1 heterocycles. The number of methoxy groups -OCH3 is 1. The summed E-state index contributed by atoms with van der Waals surface area (Å²) < 4.78 is 10.9. The highest BCUT2D eigenvalue weighted by Crippen LogP contribution is 2.23. The zero-order valence-corrected chi connectivity index (χ0v) is 10.8. The lowest BCUT2D eigenvalue weighted by Crippen LogP contribution is -2.45. The van der Waals surface area contributed by atoms with Crippen LogP contribution < -0.4 is 11.3 Å². The van der Waals surface area contributed by atoms with Crippen LogP contribution in [0.3, 0.4) is 0 Å². The molecule has 4 heteroatoms. The largest absolute Gasteiger partial charge is 0.381 e. The van der Waals surface area contributed by atoms with Crippen molar-refractivity contribution in [3.8, 4) is 0 Å². The number of hydrogen-bond donors (Lipinski definition) is 2. The maximum atomic E-state index is 5.63. The molecule has 96 valence electrons. The molecule has 1 saturated heterocycles. The molecule has 1 aliphatic heterocycles. The Hall–Kier alpha value is -0.160. The second-order valence-corrected chi connectivity index (χ2v) is 5.25. The molecule has 1 rings (SSSR count). The van der Waals surface area contributed by atoms with E-state index in [0.717, 1.165) is 32.5 Å². The lowest BCUT2D eigenvalue weighted by atomic mass is 9.88. The van der Waals surface area contributed by atoms with E-state index < -0.39 is 0 Å². The van der Waals surface area contributed by atoms with Gasteiger partial charge in [0.2, 0.25) is 0 Å². The minimum atomic E-state index is -0.0649. The molecular formula is C12H26N2O2. The standard InChI is InChI=1S/C12H26N2O2/c1-12(2,15-3)7-6-11(14-13)10-5-4-8-16-9-10/h10-11,14H,4-9,13H2,1-3H3. The van der Waals surface area contributed by atoms with Crippen molar-refractivity contribution in [2.24, 2.45) is 11.8 Å². The van der Waals surface area contributed by atoms with Gasteiger partial charge >= 0.3 is 0 Å².